The van der Waals surface area contributed by atoms with Gasteiger partial charge in [0, 0.05) is 10.8 Å². The molecule has 0 N–H and O–H groups in total. The van der Waals surface area contributed by atoms with Gasteiger partial charge in [-0.15, -0.1) is 0 Å². The van der Waals surface area contributed by atoms with Crippen molar-refractivity contribution >= 4 is 111 Å². The molecule has 0 radical (unpaired) electrons. The Balaban J connectivity index is 0.000000144. The molecular formula is C119H90N2Se2. The van der Waals surface area contributed by atoms with Crippen molar-refractivity contribution in [2.45, 2.75) is 72.6 Å². The third kappa shape index (κ3) is 11.9. The van der Waals surface area contributed by atoms with Crippen molar-refractivity contribution in [1.82, 2.24) is 9.13 Å². The van der Waals surface area contributed by atoms with E-state index in [9.17, 15) is 0 Å². The van der Waals surface area contributed by atoms with E-state index in [2.05, 4.69) is 439 Å². The molecule has 4 heterocycles. The zero-order valence-corrected chi connectivity index (χ0v) is 71.6. The third-order valence-electron chi connectivity index (χ3n) is 27.2. The maximum atomic E-state index is 2.48. The van der Waals surface area contributed by atoms with Gasteiger partial charge in [-0.1, -0.05) is 109 Å². The van der Waals surface area contributed by atoms with Crippen LogP contribution in [0.3, 0.4) is 0 Å². The fraction of sp³-hybridized carbons (Fsp3) is 0.0924. The van der Waals surface area contributed by atoms with Gasteiger partial charge >= 0.3 is 573 Å². The van der Waals surface area contributed by atoms with Crippen molar-refractivity contribution in [3.63, 3.8) is 0 Å². The van der Waals surface area contributed by atoms with Crippen LogP contribution >= 0.6 is 0 Å². The van der Waals surface area contributed by atoms with Gasteiger partial charge in [0.25, 0.3) is 0 Å². The summed E-state index contributed by atoms with van der Waals surface area (Å²) in [6.07, 6.45) is 0. The molecule has 0 fully saturated rings. The Hall–Kier alpha value is -13.4. The Labute approximate surface area is 731 Å². The molecular weight excluding hydrogens is 1620 g/mol. The summed E-state index contributed by atoms with van der Waals surface area (Å²) in [5, 5.41) is 10.6. The zero-order chi connectivity index (χ0) is 80.7. The molecule has 0 atom stereocenters. The summed E-state index contributed by atoms with van der Waals surface area (Å²) in [4.78, 5) is 0. The molecule has 0 bridgehead atoms. The van der Waals surface area contributed by atoms with E-state index < -0.39 is 0 Å². The van der Waals surface area contributed by atoms with Gasteiger partial charge in [0.2, 0.25) is 0 Å². The summed E-state index contributed by atoms with van der Waals surface area (Å²) < 4.78 is 10.8. The van der Waals surface area contributed by atoms with Gasteiger partial charge in [-0.05, 0) is 44.5 Å². The number of benzene rings is 18. The van der Waals surface area contributed by atoms with Crippen molar-refractivity contribution in [3.05, 3.63) is 422 Å². The van der Waals surface area contributed by atoms with E-state index in [-0.39, 0.29) is 60.1 Å². The Morgan fingerprint density at radius 2 is 0.472 bits per heavy atom. The average molecular weight is 1710 g/mol. The van der Waals surface area contributed by atoms with E-state index >= 15 is 0 Å². The van der Waals surface area contributed by atoms with Crippen LogP contribution in [0.5, 0.6) is 0 Å². The van der Waals surface area contributed by atoms with Crippen LogP contribution in [-0.4, -0.2) is 38.1 Å². The van der Waals surface area contributed by atoms with Gasteiger partial charge in [0.1, 0.15) is 0 Å². The molecule has 25 rings (SSSR count). The summed E-state index contributed by atoms with van der Waals surface area (Å²) >= 11 is 0.477. The van der Waals surface area contributed by atoms with Gasteiger partial charge in [0.15, 0.2) is 0 Å². The SMILES string of the molecule is C.C.CC1(C)c2ccccc2-c2ccc(-c3cc(-c4ccc5c(c4)c4ccccc4n5-c4ccc5c(c4)C(C)(C)c4ccccc4-5)cc(-c4cccc5c4[se]c4ccccc45)c3)cc21.CC1(C)c2ccccc2-c2ccc(-n3c4ccccc4c4cc(-c5cc(-c6ccc(-c7ccccc7)cc6)cc(-c6cccc7c6[se]c6ccccc67)c5)ccc43)cc21. The van der Waals surface area contributed by atoms with E-state index in [4.69, 9.17) is 0 Å². The number of rotatable bonds is 9. The monoisotopic (exact) mass is 1710 g/mol. The van der Waals surface area contributed by atoms with Crippen LogP contribution in [0.25, 0.3) is 205 Å². The van der Waals surface area contributed by atoms with Crippen LogP contribution in [0.4, 0.5) is 0 Å². The topological polar surface area (TPSA) is 9.86 Å². The average Bonchev–Trinajstić information content (AvgIpc) is 1.48. The van der Waals surface area contributed by atoms with Crippen molar-refractivity contribution in [3.8, 4) is 123 Å². The first-order valence-corrected chi connectivity index (χ1v) is 45.8. The van der Waals surface area contributed by atoms with Gasteiger partial charge in [-0.2, -0.15) is 0 Å². The Bertz CT molecular complexity index is 8110. The van der Waals surface area contributed by atoms with E-state index in [1.165, 1.54) is 238 Å². The summed E-state index contributed by atoms with van der Waals surface area (Å²) in [6.45, 7) is 14.2. The zero-order valence-electron chi connectivity index (χ0n) is 68.2. The first-order chi connectivity index (χ1) is 59.2. The molecule has 18 aromatic carbocycles. The minimum Gasteiger partial charge on any atom is -0.0280 e. The summed E-state index contributed by atoms with van der Waals surface area (Å²) in [7, 11) is 0. The third-order valence-corrected chi connectivity index (χ3v) is 32.3. The van der Waals surface area contributed by atoms with Crippen LogP contribution in [0, 0.1) is 0 Å². The molecule has 3 aliphatic carbocycles. The molecule has 0 spiro atoms. The molecule has 588 valence electrons. The number of fused-ring (bicyclic) bond motifs is 21. The van der Waals surface area contributed by atoms with E-state index in [0.717, 1.165) is 0 Å². The van der Waals surface area contributed by atoms with Crippen molar-refractivity contribution in [1.29, 1.82) is 0 Å². The van der Waals surface area contributed by atoms with Gasteiger partial charge in [-0.25, -0.2) is 0 Å². The Morgan fingerprint density at radius 3 is 0.919 bits per heavy atom. The first-order valence-electron chi connectivity index (χ1n) is 42.3. The molecule has 0 saturated carbocycles. The number of nitrogens with zero attached hydrogens (tertiary/aromatic N) is 2. The minimum absolute atomic E-state index is 0. The van der Waals surface area contributed by atoms with Crippen LogP contribution < -0.4 is 0 Å². The number of hydrogen-bond donors (Lipinski definition) is 0. The minimum atomic E-state index is -0.0747. The second kappa shape index (κ2) is 28.9. The van der Waals surface area contributed by atoms with Crippen molar-refractivity contribution in [2.75, 3.05) is 0 Å². The van der Waals surface area contributed by atoms with Crippen LogP contribution in [0.1, 0.15) is 89.8 Å². The fourth-order valence-electron chi connectivity index (χ4n) is 21.1. The predicted octanol–water partition coefficient (Wildman–Crippen LogP) is 32.2. The van der Waals surface area contributed by atoms with Gasteiger partial charge in [0.05, 0.1) is 0 Å². The standard InChI is InChI=1S/C60H43NSe.C57H39NSe.2CH4/c1-59(2)51-20-9-5-14-43(51)45-27-24-37(34-53(45)59)39-30-38(31-40(32-39)42-18-13-19-49-48-17-8-12-23-57(48)62-58(42)49)36-25-29-56-50(33-36)47-16-7-11-22-55(47)61(56)41-26-28-46-44-15-6-10-21-52(44)60(3,4)54(46)35-41;1-57(2)51-20-9-6-15-45(51)46-29-28-43(35-52(46)57)58-53-21-10-7-16-47(53)50-34-39(27-30-54(50)58)41-31-40(38-25-23-37(24-26-38)36-13-4-3-5-14-36)32-42(33-41)44-18-12-19-49-48-17-8-11-22-55(48)59-56(44)49;;/h5-35H,1-4H3;3-35H,1-2H3;2*1H4. The molecule has 2 nitrogen and oxygen atoms in total. The number of aromatic nitrogens is 2. The molecule has 123 heavy (non-hydrogen) atoms. The van der Waals surface area contributed by atoms with Gasteiger partial charge in [-0.3, -0.25) is 0 Å². The maximum absolute atomic E-state index is 2.48. The summed E-state index contributed by atoms with van der Waals surface area (Å²) in [6, 6.07) is 146. The van der Waals surface area contributed by atoms with E-state index in [1.807, 2.05) is 0 Å². The van der Waals surface area contributed by atoms with Crippen LogP contribution in [-0.2, 0) is 16.2 Å². The molecule has 0 amide bonds. The summed E-state index contributed by atoms with van der Waals surface area (Å²) in [5.74, 6) is 0. The quantitative estimate of drug-likeness (QED) is 0.128. The van der Waals surface area contributed by atoms with Crippen molar-refractivity contribution < 1.29 is 0 Å². The fourth-order valence-corrected chi connectivity index (χ4v) is 26.3. The predicted molar refractivity (Wildman–Crippen MR) is 530 cm³/mol. The molecule has 3 aliphatic rings. The normalized spacial score (nSPS) is 13.5. The second-order valence-electron chi connectivity index (χ2n) is 35.0. The van der Waals surface area contributed by atoms with Crippen LogP contribution in [0.15, 0.2) is 388 Å². The first kappa shape index (κ1) is 75.8. The van der Waals surface area contributed by atoms with Crippen LogP contribution in [0.2, 0.25) is 0 Å². The molecule has 22 aromatic rings. The summed E-state index contributed by atoms with van der Waals surface area (Å²) in [5.41, 5.74) is 41.1. The molecule has 0 aliphatic heterocycles. The van der Waals surface area contributed by atoms with Gasteiger partial charge < -0.3 is 0 Å². The second-order valence-corrected chi connectivity index (χ2v) is 39.4. The van der Waals surface area contributed by atoms with Crippen molar-refractivity contribution in [2.24, 2.45) is 0 Å². The number of hydrogen-bond acceptors (Lipinski definition) is 0. The Kier molecular flexibility index (Phi) is 17.8. The molecule has 0 unspecified atom stereocenters. The smallest absolute Gasteiger partial charge is 0.0280 e. The molecule has 4 aromatic heterocycles. The van der Waals surface area contributed by atoms with E-state index in [1.54, 1.807) is 0 Å². The van der Waals surface area contributed by atoms with E-state index in [0.29, 0.717) is 0 Å². The number of para-hydroxylation sites is 2. The Morgan fingerprint density at radius 1 is 0.179 bits per heavy atom. The molecule has 0 saturated heterocycles. The molecule has 4 heteroatoms.